The third-order valence-corrected chi connectivity index (χ3v) is 8.55. The Kier molecular flexibility index (Phi) is 4.78. The average Bonchev–Trinajstić information content (AvgIpc) is 3.30. The Bertz CT molecular complexity index is 1200. The number of imidazole rings is 1. The van der Waals surface area contributed by atoms with Gasteiger partial charge in [0.1, 0.15) is 16.9 Å². The first kappa shape index (κ1) is 20.9. The fourth-order valence-corrected chi connectivity index (χ4v) is 6.69. The first-order valence-corrected chi connectivity index (χ1v) is 11.3. The number of nitrogens with zero attached hydrogens (tertiary/aromatic N) is 4. The Balaban J connectivity index is 1.85. The normalized spacial score (nSPS) is 25.2. The Labute approximate surface area is 175 Å². The Morgan fingerprint density at radius 1 is 1.43 bits per heavy atom. The standard InChI is InChI=1S/C17H20N4O7S2/c1-7-10(13(17(24)25)21-12(7)11(8(2)22)15(21)23)9-5-20-6-18-14(16(20)29-9)30(26,27)19(3)28-4/h5-8,11-12,22H,1-4H3,(H,24,25)/t7-,8+,11+,12+/m0/s1. The summed E-state index contributed by atoms with van der Waals surface area (Å²) in [5.74, 6) is -2.71. The van der Waals surface area contributed by atoms with E-state index in [2.05, 4.69) is 4.98 Å². The van der Waals surface area contributed by atoms with Gasteiger partial charge in [0.2, 0.25) is 10.9 Å². The van der Waals surface area contributed by atoms with Crippen molar-refractivity contribution in [2.75, 3.05) is 14.2 Å². The smallest absolute Gasteiger partial charge is 0.352 e. The summed E-state index contributed by atoms with van der Waals surface area (Å²) in [7, 11) is -1.55. The number of β-lactam (4-membered cyclic amide) rings is 1. The predicted molar refractivity (Wildman–Crippen MR) is 105 cm³/mol. The van der Waals surface area contributed by atoms with Crippen LogP contribution in [0.2, 0.25) is 0 Å². The first-order chi connectivity index (χ1) is 14.0. The van der Waals surface area contributed by atoms with Crippen LogP contribution in [-0.4, -0.2) is 75.6 Å². The minimum Gasteiger partial charge on any atom is -0.477 e. The van der Waals surface area contributed by atoms with Crippen LogP contribution in [-0.2, 0) is 24.4 Å². The molecule has 2 aliphatic rings. The molecule has 2 N–H and O–H groups in total. The van der Waals surface area contributed by atoms with Crippen molar-refractivity contribution < 1.29 is 33.1 Å². The van der Waals surface area contributed by atoms with Gasteiger partial charge in [0, 0.05) is 24.7 Å². The van der Waals surface area contributed by atoms with E-state index in [1.807, 2.05) is 0 Å². The van der Waals surface area contributed by atoms with Crippen molar-refractivity contribution in [3.05, 3.63) is 23.1 Å². The van der Waals surface area contributed by atoms with Gasteiger partial charge in [-0.3, -0.25) is 14.0 Å². The van der Waals surface area contributed by atoms with Crippen LogP contribution in [0.4, 0.5) is 0 Å². The number of carboxylic acids is 1. The third-order valence-electron chi connectivity index (χ3n) is 5.66. The molecule has 11 nitrogen and oxygen atoms in total. The van der Waals surface area contributed by atoms with Crippen LogP contribution < -0.4 is 0 Å². The second-order valence-corrected chi connectivity index (χ2v) is 10.2. The number of sulfonamides is 1. The van der Waals surface area contributed by atoms with Gasteiger partial charge >= 0.3 is 5.97 Å². The summed E-state index contributed by atoms with van der Waals surface area (Å²) >= 11 is 1.07. The van der Waals surface area contributed by atoms with E-state index in [4.69, 9.17) is 4.84 Å². The van der Waals surface area contributed by atoms with E-state index < -0.39 is 40.0 Å². The number of fused-ring (bicyclic) bond motifs is 2. The number of aliphatic hydroxyl groups is 1. The van der Waals surface area contributed by atoms with E-state index >= 15 is 0 Å². The van der Waals surface area contributed by atoms with Crippen molar-refractivity contribution in [1.82, 2.24) is 18.8 Å². The summed E-state index contributed by atoms with van der Waals surface area (Å²) in [4.78, 5) is 35.3. The molecule has 4 rings (SSSR count). The lowest BCUT2D eigenvalue weighted by atomic mass is 9.77. The summed E-state index contributed by atoms with van der Waals surface area (Å²) in [5.41, 5.74) is 0.298. The van der Waals surface area contributed by atoms with E-state index in [1.165, 1.54) is 36.7 Å². The van der Waals surface area contributed by atoms with Crippen molar-refractivity contribution in [2.24, 2.45) is 11.8 Å². The largest absolute Gasteiger partial charge is 0.477 e. The van der Waals surface area contributed by atoms with Gasteiger partial charge in [-0.2, -0.15) is 0 Å². The number of hydrogen-bond acceptors (Lipinski definition) is 8. The molecular weight excluding hydrogens is 436 g/mol. The van der Waals surface area contributed by atoms with Crippen molar-refractivity contribution in [3.8, 4) is 0 Å². The number of aromatic nitrogens is 2. The molecule has 0 bridgehead atoms. The molecule has 2 aliphatic heterocycles. The molecule has 0 saturated carbocycles. The van der Waals surface area contributed by atoms with Crippen LogP contribution >= 0.6 is 11.3 Å². The zero-order valence-electron chi connectivity index (χ0n) is 16.5. The van der Waals surface area contributed by atoms with Crippen LogP contribution in [0.5, 0.6) is 0 Å². The number of rotatable bonds is 6. The van der Waals surface area contributed by atoms with E-state index in [9.17, 15) is 28.2 Å². The SMILES string of the molecule is CON(C)S(=O)(=O)c1ncn2cc(C3=C(C(=O)O)N4C(=O)[C@H]([C@@H](C)O)[C@H]4[C@H]3C)sc12. The maximum Gasteiger partial charge on any atom is 0.352 e. The highest BCUT2D eigenvalue weighted by Gasteiger charge is 2.60. The van der Waals surface area contributed by atoms with Gasteiger partial charge in [0.25, 0.3) is 10.0 Å². The molecule has 4 atom stereocenters. The minimum absolute atomic E-state index is 0.134. The van der Waals surface area contributed by atoms with Crippen molar-refractivity contribution in [1.29, 1.82) is 0 Å². The molecule has 1 amide bonds. The molecule has 4 heterocycles. The van der Waals surface area contributed by atoms with Crippen LogP contribution in [0, 0.1) is 11.8 Å². The summed E-state index contributed by atoms with van der Waals surface area (Å²) in [5, 5.41) is 19.5. The number of thiazole rings is 1. The zero-order valence-corrected chi connectivity index (χ0v) is 18.1. The summed E-state index contributed by atoms with van der Waals surface area (Å²) in [6.07, 6.45) is 2.02. The van der Waals surface area contributed by atoms with Gasteiger partial charge in [-0.1, -0.05) is 11.4 Å². The van der Waals surface area contributed by atoms with Crippen molar-refractivity contribution >= 4 is 43.6 Å². The Morgan fingerprint density at radius 3 is 2.67 bits per heavy atom. The lowest BCUT2D eigenvalue weighted by Crippen LogP contribution is -2.63. The van der Waals surface area contributed by atoms with Gasteiger partial charge in [0.15, 0.2) is 0 Å². The van der Waals surface area contributed by atoms with E-state index in [1.54, 1.807) is 13.1 Å². The zero-order chi connectivity index (χ0) is 22.1. The predicted octanol–water partition coefficient (Wildman–Crippen LogP) is 0.231. The number of hydroxylamine groups is 1. The lowest BCUT2D eigenvalue weighted by Gasteiger charge is -2.46. The topological polar surface area (TPSA) is 142 Å². The molecule has 162 valence electrons. The number of carboxylic acid groups (broad SMARTS) is 1. The molecule has 1 fully saturated rings. The van der Waals surface area contributed by atoms with Gasteiger partial charge in [-0.25, -0.2) is 18.2 Å². The fourth-order valence-electron chi connectivity index (χ4n) is 4.19. The monoisotopic (exact) mass is 456 g/mol. The minimum atomic E-state index is -4.00. The Morgan fingerprint density at radius 2 is 2.10 bits per heavy atom. The van der Waals surface area contributed by atoms with Crippen LogP contribution in [0.15, 0.2) is 23.2 Å². The first-order valence-electron chi connectivity index (χ1n) is 9.00. The highest BCUT2D eigenvalue weighted by atomic mass is 32.2. The molecule has 1 saturated heterocycles. The quantitative estimate of drug-likeness (QED) is 0.465. The van der Waals surface area contributed by atoms with Gasteiger partial charge < -0.3 is 15.1 Å². The van der Waals surface area contributed by atoms with Gasteiger partial charge in [0.05, 0.1) is 30.1 Å². The summed E-state index contributed by atoms with van der Waals surface area (Å²) in [6.45, 7) is 3.31. The molecule has 0 aliphatic carbocycles. The average molecular weight is 457 g/mol. The molecule has 0 aromatic carbocycles. The number of aliphatic carboxylic acids is 1. The number of hydrogen-bond donors (Lipinski definition) is 2. The molecular formula is C17H20N4O7S2. The third kappa shape index (κ3) is 2.66. The molecule has 13 heteroatoms. The summed E-state index contributed by atoms with van der Waals surface area (Å²) in [6, 6.07) is -0.457. The molecule has 2 aromatic rings. The highest BCUT2D eigenvalue weighted by Crippen LogP contribution is 2.51. The molecule has 2 aromatic heterocycles. The number of carbonyl (C=O) groups excluding carboxylic acids is 1. The fraction of sp³-hybridized carbons (Fsp3) is 0.471. The maximum absolute atomic E-state index is 12.6. The van der Waals surface area contributed by atoms with E-state index in [0.29, 0.717) is 19.7 Å². The molecule has 0 unspecified atom stereocenters. The second-order valence-electron chi connectivity index (χ2n) is 7.28. The molecule has 0 spiro atoms. The van der Waals surface area contributed by atoms with E-state index in [0.717, 1.165) is 11.3 Å². The molecule has 0 radical (unpaired) electrons. The van der Waals surface area contributed by atoms with Crippen molar-refractivity contribution in [2.45, 2.75) is 31.0 Å². The maximum atomic E-state index is 12.6. The second kappa shape index (κ2) is 6.85. The number of amides is 1. The molecule has 30 heavy (non-hydrogen) atoms. The number of carbonyl (C=O) groups is 2. The van der Waals surface area contributed by atoms with Crippen molar-refractivity contribution in [3.63, 3.8) is 0 Å². The Hall–Kier alpha value is -2.32. The van der Waals surface area contributed by atoms with Gasteiger partial charge in [-0.05, 0) is 6.92 Å². The lowest BCUT2D eigenvalue weighted by molar-refractivity contribution is -0.163. The van der Waals surface area contributed by atoms with Gasteiger partial charge in [-0.15, -0.1) is 11.3 Å². The summed E-state index contributed by atoms with van der Waals surface area (Å²) < 4.78 is 27.4. The van der Waals surface area contributed by atoms with E-state index in [-0.39, 0.29) is 16.6 Å². The van der Waals surface area contributed by atoms with Crippen LogP contribution in [0.3, 0.4) is 0 Å². The van der Waals surface area contributed by atoms with Crippen LogP contribution in [0.25, 0.3) is 10.4 Å². The highest BCUT2D eigenvalue weighted by molar-refractivity contribution is 7.89. The van der Waals surface area contributed by atoms with Crippen LogP contribution in [0.1, 0.15) is 18.7 Å². The number of aliphatic hydroxyl groups excluding tert-OH is 1.